The molecule has 0 aliphatic carbocycles. The van der Waals surface area contributed by atoms with Gasteiger partial charge in [0.15, 0.2) is 0 Å². The van der Waals surface area contributed by atoms with Crippen LogP contribution in [0.4, 0.5) is 0 Å². The van der Waals surface area contributed by atoms with Crippen molar-refractivity contribution in [1.29, 1.82) is 0 Å². The Morgan fingerprint density at radius 2 is 2.22 bits per heavy atom. The molecule has 9 heavy (non-hydrogen) atoms. The molecular weight excluding hydrogens is 116 g/mol. The zero-order valence-corrected chi connectivity index (χ0v) is 5.12. The van der Waals surface area contributed by atoms with E-state index in [0.717, 1.165) is 0 Å². The van der Waals surface area contributed by atoms with Crippen LogP contribution in [-0.4, -0.2) is 10.1 Å². The molecule has 1 rings (SSSR count). The molecule has 0 atom stereocenters. The molecule has 4 N–H and O–H groups in total. The van der Waals surface area contributed by atoms with Crippen LogP contribution >= 0.6 is 0 Å². The Balaban J connectivity index is 0.000000640. The average Bonchev–Trinajstić information content (AvgIpc) is 1.90. The zero-order chi connectivity index (χ0) is 5.82. The molecule has 0 unspecified atom stereocenters. The fourth-order valence-corrected chi connectivity index (χ4v) is 0.492. The number of pyridine rings is 1. The smallest absolute Gasteiger partial charge is 0.0852 e. The van der Waals surface area contributed by atoms with Gasteiger partial charge in [0.25, 0.3) is 0 Å². The topological polar surface area (TPSA) is 68.1 Å². The fraction of sp³-hybridized carbons (Fsp3) is 0.167. The summed E-state index contributed by atoms with van der Waals surface area (Å²) in [6.45, 7) is 0.0286. The Bertz CT molecular complexity index is 152. The number of hydrogen-bond acceptors (Lipinski definition) is 3. The van der Waals surface area contributed by atoms with Crippen molar-refractivity contribution in [2.45, 2.75) is 6.61 Å². The van der Waals surface area contributed by atoms with Crippen LogP contribution in [-0.2, 0) is 6.61 Å². The normalized spacial score (nSPS) is 8.11. The van der Waals surface area contributed by atoms with Gasteiger partial charge in [0, 0.05) is 6.20 Å². The summed E-state index contributed by atoms with van der Waals surface area (Å²) < 4.78 is 0. The molecule has 0 radical (unpaired) electrons. The predicted octanol–water partition coefficient (Wildman–Crippen LogP) is 0.736. The number of rotatable bonds is 1. The first-order valence-electron chi connectivity index (χ1n) is 2.44. The van der Waals surface area contributed by atoms with E-state index in [1.165, 1.54) is 0 Å². The first kappa shape index (κ1) is 8.07. The summed E-state index contributed by atoms with van der Waals surface area (Å²) in [5.74, 6) is 0. The van der Waals surface area contributed by atoms with Gasteiger partial charge in [-0.3, -0.25) is 4.98 Å². The van der Waals surface area contributed by atoms with E-state index in [4.69, 9.17) is 5.11 Å². The highest BCUT2D eigenvalue weighted by molar-refractivity contribution is 5.01. The number of aliphatic hydroxyl groups is 1. The summed E-state index contributed by atoms with van der Waals surface area (Å²) in [6.07, 6.45) is 1.66. The molecule has 1 heterocycles. The molecule has 0 aliphatic heterocycles. The Morgan fingerprint density at radius 3 is 2.56 bits per heavy atom. The van der Waals surface area contributed by atoms with Gasteiger partial charge in [-0.05, 0) is 12.1 Å². The molecule has 0 bridgehead atoms. The minimum atomic E-state index is 0. The van der Waals surface area contributed by atoms with Crippen molar-refractivity contribution in [3.63, 3.8) is 0 Å². The van der Waals surface area contributed by atoms with E-state index in [9.17, 15) is 0 Å². The molecule has 0 saturated carbocycles. The molecule has 0 saturated heterocycles. The van der Waals surface area contributed by atoms with Crippen LogP contribution in [0.5, 0.6) is 0 Å². The van der Waals surface area contributed by atoms with Crippen molar-refractivity contribution >= 4 is 0 Å². The van der Waals surface area contributed by atoms with E-state index < -0.39 is 0 Å². The van der Waals surface area contributed by atoms with E-state index in [2.05, 4.69) is 4.98 Å². The third-order valence-electron chi connectivity index (χ3n) is 0.888. The Labute approximate surface area is 53.9 Å². The molecule has 3 heteroatoms. The van der Waals surface area contributed by atoms with E-state index in [0.29, 0.717) is 5.69 Å². The molecule has 3 nitrogen and oxygen atoms in total. The monoisotopic (exact) mass is 126 g/mol. The lowest BCUT2D eigenvalue weighted by molar-refractivity contribution is 0.277. The van der Waals surface area contributed by atoms with Gasteiger partial charge >= 0.3 is 0 Å². The van der Waals surface area contributed by atoms with Crippen molar-refractivity contribution in [3.05, 3.63) is 30.1 Å². The Morgan fingerprint density at radius 1 is 1.44 bits per heavy atom. The number of nitrogens with zero attached hydrogens (tertiary/aromatic N) is 1. The second-order valence-corrected chi connectivity index (χ2v) is 1.48. The quantitative estimate of drug-likeness (QED) is 0.583. The van der Waals surface area contributed by atoms with Crippen LogP contribution in [0.3, 0.4) is 0 Å². The van der Waals surface area contributed by atoms with Gasteiger partial charge in [-0.1, -0.05) is 6.07 Å². The van der Waals surface area contributed by atoms with Crippen molar-refractivity contribution in [3.8, 4) is 0 Å². The Hall–Kier alpha value is -0.930. The van der Waals surface area contributed by atoms with Crippen molar-refractivity contribution in [2.24, 2.45) is 0 Å². The van der Waals surface area contributed by atoms with Gasteiger partial charge in [0.05, 0.1) is 12.3 Å². The molecule has 0 aromatic carbocycles. The lowest BCUT2D eigenvalue weighted by Gasteiger charge is -1.88. The highest BCUT2D eigenvalue weighted by Gasteiger charge is 1.82. The third kappa shape index (κ3) is 2.21. The van der Waals surface area contributed by atoms with E-state index in [-0.39, 0.29) is 12.8 Å². The third-order valence-corrected chi connectivity index (χ3v) is 0.888. The second-order valence-electron chi connectivity index (χ2n) is 1.48. The minimum Gasteiger partial charge on any atom is -0.390 e. The first-order chi connectivity index (χ1) is 3.93. The fourth-order valence-electron chi connectivity index (χ4n) is 0.492. The van der Waals surface area contributed by atoms with Crippen LogP contribution in [0.15, 0.2) is 24.4 Å². The SMILES string of the molecule is N.OCc1ccccn1. The summed E-state index contributed by atoms with van der Waals surface area (Å²) >= 11 is 0. The summed E-state index contributed by atoms with van der Waals surface area (Å²) in [6, 6.07) is 5.44. The maximum absolute atomic E-state index is 8.48. The van der Waals surface area contributed by atoms with Gasteiger partial charge in [0.2, 0.25) is 0 Å². The van der Waals surface area contributed by atoms with Crippen LogP contribution in [0.2, 0.25) is 0 Å². The van der Waals surface area contributed by atoms with Gasteiger partial charge < -0.3 is 11.3 Å². The van der Waals surface area contributed by atoms with Crippen LogP contribution < -0.4 is 6.15 Å². The zero-order valence-electron chi connectivity index (χ0n) is 5.12. The molecule has 1 aromatic heterocycles. The van der Waals surface area contributed by atoms with Gasteiger partial charge in [0.1, 0.15) is 0 Å². The predicted molar refractivity (Wildman–Crippen MR) is 35.2 cm³/mol. The molecule has 0 aliphatic rings. The van der Waals surface area contributed by atoms with Crippen molar-refractivity contribution in [2.75, 3.05) is 0 Å². The van der Waals surface area contributed by atoms with Crippen LogP contribution in [0.25, 0.3) is 0 Å². The summed E-state index contributed by atoms with van der Waals surface area (Å²) in [7, 11) is 0. The van der Waals surface area contributed by atoms with E-state index in [1.807, 2.05) is 12.1 Å². The molecule has 0 fully saturated rings. The number of hydrogen-bond donors (Lipinski definition) is 2. The largest absolute Gasteiger partial charge is 0.390 e. The standard InChI is InChI=1S/C6H7NO.H3N/c8-5-6-3-1-2-4-7-6;/h1-4,8H,5H2;1H3. The molecule has 1 aromatic rings. The number of aromatic nitrogens is 1. The van der Waals surface area contributed by atoms with Gasteiger partial charge in [-0.15, -0.1) is 0 Å². The number of aliphatic hydroxyl groups excluding tert-OH is 1. The second kappa shape index (κ2) is 4.00. The highest BCUT2D eigenvalue weighted by atomic mass is 16.3. The van der Waals surface area contributed by atoms with Crippen molar-refractivity contribution in [1.82, 2.24) is 11.1 Å². The lowest BCUT2D eigenvalue weighted by atomic mass is 10.4. The average molecular weight is 126 g/mol. The molecule has 50 valence electrons. The maximum Gasteiger partial charge on any atom is 0.0852 e. The molecule has 0 amide bonds. The molecular formula is C6H10N2O. The van der Waals surface area contributed by atoms with Gasteiger partial charge in [-0.25, -0.2) is 0 Å². The van der Waals surface area contributed by atoms with Crippen LogP contribution in [0.1, 0.15) is 5.69 Å². The van der Waals surface area contributed by atoms with E-state index in [1.54, 1.807) is 12.3 Å². The Kier molecular flexibility index (Phi) is 3.59. The summed E-state index contributed by atoms with van der Waals surface area (Å²) in [4.78, 5) is 3.85. The maximum atomic E-state index is 8.48. The summed E-state index contributed by atoms with van der Waals surface area (Å²) in [5, 5.41) is 8.48. The first-order valence-corrected chi connectivity index (χ1v) is 2.44. The summed E-state index contributed by atoms with van der Waals surface area (Å²) in [5.41, 5.74) is 0.715. The minimum absolute atomic E-state index is 0. The van der Waals surface area contributed by atoms with Gasteiger partial charge in [-0.2, -0.15) is 0 Å². The highest BCUT2D eigenvalue weighted by Crippen LogP contribution is 1.89. The van der Waals surface area contributed by atoms with Crippen LogP contribution in [0, 0.1) is 0 Å². The van der Waals surface area contributed by atoms with Crippen molar-refractivity contribution < 1.29 is 5.11 Å². The molecule has 0 spiro atoms. The van der Waals surface area contributed by atoms with E-state index >= 15 is 0 Å². The lowest BCUT2D eigenvalue weighted by Crippen LogP contribution is -1.84.